The Balaban J connectivity index is 1.41. The SMILES string of the molecule is C[C@H]([C@@H](Cn1cncn1)c1ccc(F)cc1F)n1cc2cc(NCc3ccc(Cl)cc3)ccc2n1. The minimum absolute atomic E-state index is 0.239. The molecule has 0 bridgehead atoms. The first-order chi connectivity index (χ1) is 17.0. The molecule has 6 nitrogen and oxygen atoms in total. The van der Waals surface area contributed by atoms with Gasteiger partial charge in [0.2, 0.25) is 0 Å². The van der Waals surface area contributed by atoms with E-state index in [0.717, 1.165) is 28.2 Å². The molecule has 0 unspecified atom stereocenters. The molecular weight excluding hydrogens is 470 g/mol. The zero-order valence-electron chi connectivity index (χ0n) is 18.9. The van der Waals surface area contributed by atoms with Crippen LogP contribution in [0.2, 0.25) is 5.02 Å². The molecule has 3 aromatic carbocycles. The van der Waals surface area contributed by atoms with Gasteiger partial charge >= 0.3 is 0 Å². The highest BCUT2D eigenvalue weighted by molar-refractivity contribution is 6.30. The van der Waals surface area contributed by atoms with E-state index in [1.54, 1.807) is 11.0 Å². The summed E-state index contributed by atoms with van der Waals surface area (Å²) in [5, 5.41) is 14.0. The maximum Gasteiger partial charge on any atom is 0.137 e. The standard InChI is InChI=1S/C26H23ClF2N6/c1-17(24(14-34-16-30-15-32-34)23-8-6-21(28)11-25(23)29)35-13-19-10-22(7-9-26(19)33-35)31-12-18-2-4-20(27)5-3-18/h2-11,13,15-17,24,31H,12,14H2,1H3/t17-,24-/m1/s1. The molecule has 35 heavy (non-hydrogen) atoms. The van der Waals surface area contributed by atoms with Gasteiger partial charge in [0, 0.05) is 40.8 Å². The maximum atomic E-state index is 14.8. The van der Waals surface area contributed by atoms with E-state index in [9.17, 15) is 8.78 Å². The van der Waals surface area contributed by atoms with Crippen LogP contribution in [0.15, 0.2) is 79.5 Å². The van der Waals surface area contributed by atoms with Gasteiger partial charge in [-0.3, -0.25) is 9.36 Å². The second-order valence-electron chi connectivity index (χ2n) is 8.49. The van der Waals surface area contributed by atoms with Crippen LogP contribution in [0.4, 0.5) is 14.5 Å². The number of aromatic nitrogens is 5. The zero-order valence-corrected chi connectivity index (χ0v) is 19.7. The van der Waals surface area contributed by atoms with Crippen LogP contribution >= 0.6 is 11.6 Å². The van der Waals surface area contributed by atoms with Gasteiger partial charge in [0.1, 0.15) is 24.3 Å². The average molecular weight is 493 g/mol. The Labute approximate surface area is 206 Å². The highest BCUT2D eigenvalue weighted by Crippen LogP contribution is 2.33. The molecule has 1 N–H and O–H groups in total. The van der Waals surface area contributed by atoms with Gasteiger partial charge in [-0.2, -0.15) is 10.2 Å². The van der Waals surface area contributed by atoms with Gasteiger partial charge in [-0.15, -0.1) is 0 Å². The molecule has 0 radical (unpaired) electrons. The van der Waals surface area contributed by atoms with Crippen molar-refractivity contribution in [1.82, 2.24) is 24.5 Å². The van der Waals surface area contributed by atoms with E-state index in [0.29, 0.717) is 23.7 Å². The van der Waals surface area contributed by atoms with Crippen LogP contribution in [-0.4, -0.2) is 24.5 Å². The predicted molar refractivity (Wildman–Crippen MR) is 132 cm³/mol. The first-order valence-corrected chi connectivity index (χ1v) is 11.6. The maximum absolute atomic E-state index is 14.8. The van der Waals surface area contributed by atoms with E-state index in [4.69, 9.17) is 16.7 Å². The number of anilines is 1. The largest absolute Gasteiger partial charge is 0.381 e. The molecular formula is C26H23ClF2N6. The van der Waals surface area contributed by atoms with Crippen molar-refractivity contribution >= 4 is 28.2 Å². The predicted octanol–water partition coefficient (Wildman–Crippen LogP) is 6.22. The summed E-state index contributed by atoms with van der Waals surface area (Å²) in [6.07, 6.45) is 4.96. The van der Waals surface area contributed by atoms with Crippen molar-refractivity contribution in [2.75, 3.05) is 5.32 Å². The van der Waals surface area contributed by atoms with Gasteiger partial charge < -0.3 is 5.32 Å². The summed E-state index contributed by atoms with van der Waals surface area (Å²) < 4.78 is 31.8. The summed E-state index contributed by atoms with van der Waals surface area (Å²) >= 11 is 5.96. The third-order valence-corrected chi connectivity index (χ3v) is 6.40. The quantitative estimate of drug-likeness (QED) is 0.279. The third kappa shape index (κ3) is 5.17. The molecule has 178 valence electrons. The molecule has 2 aromatic heterocycles. The van der Waals surface area contributed by atoms with Crippen LogP contribution in [0.1, 0.15) is 30.0 Å². The summed E-state index contributed by atoms with van der Waals surface area (Å²) in [6.45, 7) is 3.00. The minimum atomic E-state index is -0.609. The van der Waals surface area contributed by atoms with E-state index in [1.165, 1.54) is 18.5 Å². The lowest BCUT2D eigenvalue weighted by atomic mass is 9.91. The fraction of sp³-hybridized carbons (Fsp3) is 0.192. The van der Waals surface area contributed by atoms with Gasteiger partial charge in [0.25, 0.3) is 0 Å². The molecule has 9 heteroatoms. The van der Waals surface area contributed by atoms with Crippen molar-refractivity contribution < 1.29 is 8.78 Å². The molecule has 2 heterocycles. The number of nitrogens with one attached hydrogen (secondary N) is 1. The summed E-state index contributed by atoms with van der Waals surface area (Å²) in [5.41, 5.74) is 3.31. The molecule has 0 amide bonds. The third-order valence-electron chi connectivity index (χ3n) is 6.14. The highest BCUT2D eigenvalue weighted by Gasteiger charge is 2.26. The van der Waals surface area contributed by atoms with Crippen molar-refractivity contribution in [3.8, 4) is 0 Å². The van der Waals surface area contributed by atoms with Crippen molar-refractivity contribution in [2.45, 2.75) is 32.0 Å². The Morgan fingerprint density at radius 3 is 2.60 bits per heavy atom. The Morgan fingerprint density at radius 2 is 1.86 bits per heavy atom. The number of nitrogens with zero attached hydrogens (tertiary/aromatic N) is 5. The van der Waals surface area contributed by atoms with E-state index < -0.39 is 11.6 Å². The van der Waals surface area contributed by atoms with E-state index in [1.807, 2.05) is 60.3 Å². The average Bonchev–Trinajstić information content (AvgIpc) is 3.52. The molecule has 0 fully saturated rings. The minimum Gasteiger partial charge on any atom is -0.381 e. The van der Waals surface area contributed by atoms with E-state index in [2.05, 4.69) is 15.4 Å². The van der Waals surface area contributed by atoms with Gasteiger partial charge in [0.05, 0.1) is 18.1 Å². The number of benzene rings is 3. The first-order valence-electron chi connectivity index (χ1n) is 11.2. The number of hydrogen-bond acceptors (Lipinski definition) is 4. The van der Waals surface area contributed by atoms with Crippen molar-refractivity contribution in [2.24, 2.45) is 0 Å². The fourth-order valence-electron chi connectivity index (χ4n) is 4.20. The molecule has 0 saturated carbocycles. The first kappa shape index (κ1) is 23.0. The second-order valence-corrected chi connectivity index (χ2v) is 8.93. The molecule has 0 aliphatic carbocycles. The monoisotopic (exact) mass is 492 g/mol. The Bertz CT molecular complexity index is 1430. The Hall–Kier alpha value is -3.78. The molecule has 5 aromatic rings. The van der Waals surface area contributed by atoms with Gasteiger partial charge in [0.15, 0.2) is 0 Å². The summed E-state index contributed by atoms with van der Waals surface area (Å²) in [4.78, 5) is 3.99. The smallest absolute Gasteiger partial charge is 0.137 e. The van der Waals surface area contributed by atoms with Crippen LogP contribution in [0.3, 0.4) is 0 Å². The Morgan fingerprint density at radius 1 is 1.03 bits per heavy atom. The van der Waals surface area contributed by atoms with Crippen LogP contribution in [0.25, 0.3) is 10.9 Å². The zero-order chi connectivity index (χ0) is 24.4. The lowest BCUT2D eigenvalue weighted by molar-refractivity contribution is 0.352. The van der Waals surface area contributed by atoms with E-state index in [-0.39, 0.29) is 12.0 Å². The second kappa shape index (κ2) is 9.84. The molecule has 0 aliphatic heterocycles. The van der Waals surface area contributed by atoms with Gasteiger partial charge in [-0.1, -0.05) is 29.8 Å². The fourth-order valence-corrected chi connectivity index (χ4v) is 4.32. The molecule has 0 aliphatic rings. The topological polar surface area (TPSA) is 60.6 Å². The van der Waals surface area contributed by atoms with E-state index >= 15 is 0 Å². The highest BCUT2D eigenvalue weighted by atomic mass is 35.5. The summed E-state index contributed by atoms with van der Waals surface area (Å²) in [5.74, 6) is -1.55. The van der Waals surface area contributed by atoms with Crippen LogP contribution in [0, 0.1) is 11.6 Å². The van der Waals surface area contributed by atoms with Gasteiger partial charge in [-0.05, 0) is 54.4 Å². The Kier molecular flexibility index (Phi) is 6.46. The van der Waals surface area contributed by atoms with Crippen LogP contribution in [0.5, 0.6) is 0 Å². The number of fused-ring (bicyclic) bond motifs is 1. The normalized spacial score (nSPS) is 13.1. The van der Waals surface area contributed by atoms with Crippen LogP contribution in [-0.2, 0) is 13.1 Å². The molecule has 5 rings (SSSR count). The van der Waals surface area contributed by atoms with Gasteiger partial charge in [-0.25, -0.2) is 13.8 Å². The molecule has 2 atom stereocenters. The number of hydrogen-bond donors (Lipinski definition) is 1. The summed E-state index contributed by atoms with van der Waals surface area (Å²) in [6, 6.07) is 17.1. The molecule has 0 spiro atoms. The number of halogens is 3. The lowest BCUT2D eigenvalue weighted by Gasteiger charge is -2.25. The van der Waals surface area contributed by atoms with Crippen LogP contribution < -0.4 is 5.32 Å². The summed E-state index contributed by atoms with van der Waals surface area (Å²) in [7, 11) is 0. The van der Waals surface area contributed by atoms with Crippen molar-refractivity contribution in [1.29, 1.82) is 0 Å². The van der Waals surface area contributed by atoms with Crippen molar-refractivity contribution in [3.05, 3.63) is 107 Å². The molecule has 0 saturated heterocycles. The number of rotatable bonds is 8. The van der Waals surface area contributed by atoms with Crippen molar-refractivity contribution in [3.63, 3.8) is 0 Å². The lowest BCUT2D eigenvalue weighted by Crippen LogP contribution is -2.22.